The maximum atomic E-state index is 10.2. The predicted molar refractivity (Wildman–Crippen MR) is 69.0 cm³/mol. The largest absolute Gasteiger partial charge is 0.398 e. The van der Waals surface area contributed by atoms with Crippen LogP contribution in [-0.4, -0.2) is 5.11 Å². The van der Waals surface area contributed by atoms with Crippen molar-refractivity contribution in [2.45, 2.75) is 13.0 Å². The fraction of sp³-hybridized carbons (Fsp3) is 0.167. The van der Waals surface area contributed by atoms with Crippen molar-refractivity contribution < 1.29 is 5.11 Å². The molecule has 16 heavy (non-hydrogen) atoms. The average Bonchev–Trinajstić information content (AvgIpc) is 2.63. The summed E-state index contributed by atoms with van der Waals surface area (Å²) in [5.74, 6) is 0. The van der Waals surface area contributed by atoms with E-state index in [1.807, 2.05) is 18.4 Å². The van der Waals surface area contributed by atoms with Gasteiger partial charge in [-0.1, -0.05) is 17.7 Å². The van der Waals surface area contributed by atoms with Gasteiger partial charge in [0.25, 0.3) is 0 Å². The van der Waals surface area contributed by atoms with Crippen molar-refractivity contribution in [2.24, 2.45) is 0 Å². The topological polar surface area (TPSA) is 46.2 Å². The highest BCUT2D eigenvalue weighted by Crippen LogP contribution is 2.33. The van der Waals surface area contributed by atoms with Gasteiger partial charge in [-0.25, -0.2) is 0 Å². The Morgan fingerprint density at radius 2 is 2.12 bits per heavy atom. The number of halogens is 1. The van der Waals surface area contributed by atoms with Gasteiger partial charge in [-0.15, -0.1) is 11.3 Å². The second kappa shape index (κ2) is 4.45. The van der Waals surface area contributed by atoms with Crippen molar-refractivity contribution in [1.82, 2.24) is 0 Å². The summed E-state index contributed by atoms with van der Waals surface area (Å²) in [5, 5.41) is 12.8. The zero-order valence-electron chi connectivity index (χ0n) is 8.77. The molecule has 1 atom stereocenters. The normalized spacial score (nSPS) is 12.7. The molecule has 3 N–H and O–H groups in total. The molecule has 0 saturated carbocycles. The molecule has 0 spiro atoms. The van der Waals surface area contributed by atoms with Crippen LogP contribution < -0.4 is 5.73 Å². The summed E-state index contributed by atoms with van der Waals surface area (Å²) in [6, 6.07) is 7.14. The molecule has 2 rings (SSSR count). The maximum absolute atomic E-state index is 10.2. The Hall–Kier alpha value is -1.03. The SMILES string of the molecule is Cc1ccsc1C(O)c1ccc(Cl)cc1N. The molecule has 0 aliphatic carbocycles. The molecule has 1 aromatic carbocycles. The summed E-state index contributed by atoms with van der Waals surface area (Å²) in [6.45, 7) is 1.97. The zero-order chi connectivity index (χ0) is 11.7. The van der Waals surface area contributed by atoms with Gasteiger partial charge in [0.2, 0.25) is 0 Å². The van der Waals surface area contributed by atoms with Crippen LogP contribution in [0.3, 0.4) is 0 Å². The van der Waals surface area contributed by atoms with Crippen molar-refractivity contribution in [2.75, 3.05) is 5.73 Å². The Balaban J connectivity index is 2.41. The van der Waals surface area contributed by atoms with Crippen LogP contribution in [0.25, 0.3) is 0 Å². The van der Waals surface area contributed by atoms with Gasteiger partial charge in [0, 0.05) is 21.2 Å². The lowest BCUT2D eigenvalue weighted by molar-refractivity contribution is 0.224. The number of rotatable bonds is 2. The number of nitrogen functional groups attached to an aromatic ring is 1. The second-order valence-electron chi connectivity index (χ2n) is 3.64. The Morgan fingerprint density at radius 1 is 1.38 bits per heavy atom. The quantitative estimate of drug-likeness (QED) is 0.806. The standard InChI is InChI=1S/C12H12ClNOS/c1-7-4-5-16-12(7)11(15)9-3-2-8(13)6-10(9)14/h2-6,11,15H,14H2,1H3. The number of nitrogens with two attached hydrogens (primary N) is 1. The van der Waals surface area contributed by atoms with E-state index in [0.29, 0.717) is 16.3 Å². The molecule has 1 unspecified atom stereocenters. The number of aryl methyl sites for hydroxylation is 1. The van der Waals surface area contributed by atoms with E-state index in [2.05, 4.69) is 0 Å². The van der Waals surface area contributed by atoms with Crippen LogP contribution >= 0.6 is 22.9 Å². The number of aliphatic hydroxyl groups excluding tert-OH is 1. The van der Waals surface area contributed by atoms with E-state index < -0.39 is 6.10 Å². The molecule has 2 aromatic rings. The van der Waals surface area contributed by atoms with Crippen LogP contribution in [0.5, 0.6) is 0 Å². The minimum Gasteiger partial charge on any atom is -0.398 e. The molecule has 1 heterocycles. The molecule has 0 bridgehead atoms. The minimum atomic E-state index is -0.669. The van der Waals surface area contributed by atoms with Crippen molar-refractivity contribution in [1.29, 1.82) is 0 Å². The van der Waals surface area contributed by atoms with E-state index in [9.17, 15) is 5.11 Å². The third kappa shape index (κ3) is 2.07. The molecule has 0 fully saturated rings. The first-order valence-electron chi connectivity index (χ1n) is 4.86. The van der Waals surface area contributed by atoms with Crippen LogP contribution in [0.4, 0.5) is 5.69 Å². The smallest absolute Gasteiger partial charge is 0.115 e. The van der Waals surface area contributed by atoms with Gasteiger partial charge in [-0.05, 0) is 36.1 Å². The van der Waals surface area contributed by atoms with Crippen LogP contribution in [0.1, 0.15) is 22.1 Å². The highest BCUT2D eigenvalue weighted by atomic mass is 35.5. The van der Waals surface area contributed by atoms with Gasteiger partial charge < -0.3 is 10.8 Å². The molecule has 2 nitrogen and oxygen atoms in total. The van der Waals surface area contributed by atoms with Crippen molar-refractivity contribution in [3.8, 4) is 0 Å². The fourth-order valence-electron chi connectivity index (χ4n) is 1.60. The number of anilines is 1. The number of aliphatic hydroxyl groups is 1. The first-order chi connectivity index (χ1) is 7.59. The molecule has 4 heteroatoms. The second-order valence-corrected chi connectivity index (χ2v) is 5.03. The third-order valence-electron chi connectivity index (χ3n) is 2.49. The first-order valence-corrected chi connectivity index (χ1v) is 6.12. The van der Waals surface area contributed by atoms with Gasteiger partial charge in [0.05, 0.1) is 0 Å². The van der Waals surface area contributed by atoms with E-state index >= 15 is 0 Å². The van der Waals surface area contributed by atoms with Crippen LogP contribution in [0.2, 0.25) is 5.02 Å². The Morgan fingerprint density at radius 3 is 2.69 bits per heavy atom. The molecule has 84 valence electrons. The molecule has 0 radical (unpaired) electrons. The maximum Gasteiger partial charge on any atom is 0.115 e. The van der Waals surface area contributed by atoms with E-state index in [1.165, 1.54) is 11.3 Å². The summed E-state index contributed by atoms with van der Waals surface area (Å²) in [4.78, 5) is 0.925. The molecular formula is C12H12ClNOS. The number of benzene rings is 1. The number of hydrogen-bond acceptors (Lipinski definition) is 3. The average molecular weight is 254 g/mol. The van der Waals surface area contributed by atoms with Crippen LogP contribution in [0, 0.1) is 6.92 Å². The Kier molecular flexibility index (Phi) is 3.19. The predicted octanol–water partition coefficient (Wildman–Crippen LogP) is 3.37. The molecule has 0 amide bonds. The first kappa shape index (κ1) is 11.5. The Bertz CT molecular complexity index is 509. The van der Waals surface area contributed by atoms with Crippen LogP contribution in [-0.2, 0) is 0 Å². The summed E-state index contributed by atoms with van der Waals surface area (Å²) < 4.78 is 0. The van der Waals surface area contributed by atoms with Gasteiger partial charge in [-0.2, -0.15) is 0 Å². The van der Waals surface area contributed by atoms with E-state index in [-0.39, 0.29) is 0 Å². The van der Waals surface area contributed by atoms with E-state index in [0.717, 1.165) is 10.4 Å². The third-order valence-corrected chi connectivity index (χ3v) is 3.80. The fourth-order valence-corrected chi connectivity index (χ4v) is 2.71. The number of thiophene rings is 1. The summed E-state index contributed by atoms with van der Waals surface area (Å²) in [7, 11) is 0. The number of hydrogen-bond donors (Lipinski definition) is 2. The van der Waals surface area contributed by atoms with Crippen molar-refractivity contribution in [3.63, 3.8) is 0 Å². The summed E-state index contributed by atoms with van der Waals surface area (Å²) in [5.41, 5.74) is 8.14. The minimum absolute atomic E-state index is 0.521. The van der Waals surface area contributed by atoms with E-state index in [1.54, 1.807) is 18.2 Å². The van der Waals surface area contributed by atoms with Crippen LogP contribution in [0.15, 0.2) is 29.6 Å². The summed E-state index contributed by atoms with van der Waals surface area (Å²) in [6.07, 6.45) is -0.669. The van der Waals surface area contributed by atoms with Gasteiger partial charge in [0.15, 0.2) is 0 Å². The molecular weight excluding hydrogens is 242 g/mol. The lowest BCUT2D eigenvalue weighted by Crippen LogP contribution is -2.03. The van der Waals surface area contributed by atoms with Crippen molar-refractivity contribution >= 4 is 28.6 Å². The van der Waals surface area contributed by atoms with E-state index in [4.69, 9.17) is 17.3 Å². The molecule has 1 aromatic heterocycles. The van der Waals surface area contributed by atoms with Crippen molar-refractivity contribution in [3.05, 3.63) is 50.7 Å². The molecule has 0 aliphatic rings. The highest BCUT2D eigenvalue weighted by Gasteiger charge is 2.16. The molecule has 0 aliphatic heterocycles. The van der Waals surface area contributed by atoms with Gasteiger partial charge in [-0.3, -0.25) is 0 Å². The zero-order valence-corrected chi connectivity index (χ0v) is 10.3. The highest BCUT2D eigenvalue weighted by molar-refractivity contribution is 7.10. The monoisotopic (exact) mass is 253 g/mol. The Labute approximate surface area is 103 Å². The lowest BCUT2D eigenvalue weighted by atomic mass is 10.0. The van der Waals surface area contributed by atoms with Gasteiger partial charge in [0.1, 0.15) is 6.10 Å². The van der Waals surface area contributed by atoms with Gasteiger partial charge >= 0.3 is 0 Å². The lowest BCUT2D eigenvalue weighted by Gasteiger charge is -2.13. The summed E-state index contributed by atoms with van der Waals surface area (Å²) >= 11 is 7.35. The molecule has 0 saturated heterocycles.